The first-order chi connectivity index (χ1) is 10.3. The highest BCUT2D eigenvalue weighted by Crippen LogP contribution is 2.37. The number of carbonyl (C=O) groups is 1. The van der Waals surface area contributed by atoms with Gasteiger partial charge in [-0.3, -0.25) is 4.79 Å². The molecule has 7 heteroatoms. The van der Waals surface area contributed by atoms with Crippen molar-refractivity contribution < 1.29 is 28.2 Å². The highest BCUT2D eigenvalue weighted by molar-refractivity contribution is 5.94. The summed E-state index contributed by atoms with van der Waals surface area (Å²) in [6, 6.07) is 10.5. The van der Waals surface area contributed by atoms with Crippen molar-refractivity contribution in [3.8, 4) is 5.75 Å². The van der Waals surface area contributed by atoms with Gasteiger partial charge in [0.1, 0.15) is 5.75 Å². The summed E-state index contributed by atoms with van der Waals surface area (Å²) in [6.45, 7) is 0. The summed E-state index contributed by atoms with van der Waals surface area (Å²) < 4.78 is 38.0. The second-order valence-electron chi connectivity index (χ2n) is 4.53. The largest absolute Gasteiger partial charge is 0.507 e. The standard InChI is InChI=1S/C15H12F3NO3/c16-15(17,18)11-8-10(6-7-12(11)20)19-14(22)13(21)9-4-2-1-3-5-9/h1-8,13,20-21H,(H,19,22)/t13-/m1/s1. The Morgan fingerprint density at radius 1 is 1.09 bits per heavy atom. The number of phenolic OH excluding ortho intramolecular Hbond substituents is 1. The first-order valence-corrected chi connectivity index (χ1v) is 6.23. The number of nitrogens with one attached hydrogen (secondary N) is 1. The maximum Gasteiger partial charge on any atom is 0.420 e. The van der Waals surface area contributed by atoms with Gasteiger partial charge in [-0.1, -0.05) is 30.3 Å². The molecule has 2 rings (SSSR count). The van der Waals surface area contributed by atoms with E-state index in [4.69, 9.17) is 0 Å². The fraction of sp³-hybridized carbons (Fsp3) is 0.133. The number of amides is 1. The number of aliphatic hydroxyl groups excluding tert-OH is 1. The Morgan fingerprint density at radius 3 is 2.32 bits per heavy atom. The lowest BCUT2D eigenvalue weighted by atomic mass is 10.1. The average molecular weight is 311 g/mol. The van der Waals surface area contributed by atoms with Gasteiger partial charge in [0, 0.05) is 5.69 Å². The summed E-state index contributed by atoms with van der Waals surface area (Å²) in [5, 5.41) is 21.2. The number of phenols is 1. The minimum atomic E-state index is -4.75. The number of hydrogen-bond acceptors (Lipinski definition) is 3. The Morgan fingerprint density at radius 2 is 1.73 bits per heavy atom. The molecule has 0 radical (unpaired) electrons. The van der Waals surface area contributed by atoms with Crippen LogP contribution in [0.1, 0.15) is 17.2 Å². The number of carbonyl (C=O) groups excluding carboxylic acids is 1. The Balaban J connectivity index is 2.19. The molecule has 0 aliphatic rings. The molecule has 2 aromatic rings. The van der Waals surface area contributed by atoms with Crippen LogP contribution < -0.4 is 5.32 Å². The van der Waals surface area contributed by atoms with Crippen molar-refractivity contribution in [1.29, 1.82) is 0 Å². The van der Waals surface area contributed by atoms with Crippen LogP contribution in [0.3, 0.4) is 0 Å². The number of anilines is 1. The zero-order valence-corrected chi connectivity index (χ0v) is 11.1. The summed E-state index contributed by atoms with van der Waals surface area (Å²) in [4.78, 5) is 11.9. The Kier molecular flexibility index (Phi) is 4.37. The fourth-order valence-corrected chi connectivity index (χ4v) is 1.84. The van der Waals surface area contributed by atoms with Gasteiger partial charge in [-0.05, 0) is 23.8 Å². The summed E-state index contributed by atoms with van der Waals surface area (Å²) in [6.07, 6.45) is -6.26. The second-order valence-corrected chi connectivity index (χ2v) is 4.53. The normalized spacial score (nSPS) is 12.7. The maximum absolute atomic E-state index is 12.7. The third-order valence-corrected chi connectivity index (χ3v) is 2.93. The van der Waals surface area contributed by atoms with E-state index in [-0.39, 0.29) is 5.69 Å². The number of benzene rings is 2. The van der Waals surface area contributed by atoms with Crippen LogP contribution in [0.4, 0.5) is 18.9 Å². The lowest BCUT2D eigenvalue weighted by Crippen LogP contribution is -2.21. The van der Waals surface area contributed by atoms with E-state index >= 15 is 0 Å². The molecule has 0 heterocycles. The number of halogens is 3. The molecule has 0 saturated carbocycles. The zero-order chi connectivity index (χ0) is 16.3. The second kappa shape index (κ2) is 6.07. The van der Waals surface area contributed by atoms with Crippen molar-refractivity contribution in [1.82, 2.24) is 0 Å². The maximum atomic E-state index is 12.7. The minimum absolute atomic E-state index is 0.176. The van der Waals surface area contributed by atoms with Gasteiger partial charge in [-0.25, -0.2) is 0 Å². The number of alkyl halides is 3. The molecule has 0 aliphatic heterocycles. The van der Waals surface area contributed by atoms with Gasteiger partial charge >= 0.3 is 6.18 Å². The van der Waals surface area contributed by atoms with Gasteiger partial charge in [0.15, 0.2) is 6.10 Å². The van der Waals surface area contributed by atoms with Crippen molar-refractivity contribution >= 4 is 11.6 Å². The highest BCUT2D eigenvalue weighted by Gasteiger charge is 2.34. The summed E-state index contributed by atoms with van der Waals surface area (Å²) >= 11 is 0. The number of aromatic hydroxyl groups is 1. The Hall–Kier alpha value is -2.54. The first kappa shape index (κ1) is 15.8. The van der Waals surface area contributed by atoms with Gasteiger partial charge in [0.05, 0.1) is 5.56 Å². The Bertz CT molecular complexity index is 671. The van der Waals surface area contributed by atoms with E-state index in [9.17, 15) is 28.2 Å². The predicted molar refractivity (Wildman–Crippen MR) is 73.1 cm³/mol. The van der Waals surface area contributed by atoms with Crippen LogP contribution in [0.25, 0.3) is 0 Å². The molecule has 22 heavy (non-hydrogen) atoms. The van der Waals surface area contributed by atoms with Crippen molar-refractivity contribution in [2.75, 3.05) is 5.32 Å². The van der Waals surface area contributed by atoms with Crippen LogP contribution in [0, 0.1) is 0 Å². The Labute approximate surface area is 123 Å². The van der Waals surface area contributed by atoms with E-state index in [1.807, 2.05) is 0 Å². The van der Waals surface area contributed by atoms with Gasteiger partial charge < -0.3 is 15.5 Å². The number of rotatable bonds is 3. The smallest absolute Gasteiger partial charge is 0.420 e. The van der Waals surface area contributed by atoms with Crippen LogP contribution in [-0.2, 0) is 11.0 Å². The molecule has 116 valence electrons. The van der Waals surface area contributed by atoms with E-state index in [2.05, 4.69) is 5.32 Å². The van der Waals surface area contributed by atoms with Gasteiger partial charge in [0.2, 0.25) is 0 Å². The summed E-state index contributed by atoms with van der Waals surface area (Å²) in [5.41, 5.74) is -1.13. The van der Waals surface area contributed by atoms with E-state index in [1.54, 1.807) is 18.2 Å². The lowest BCUT2D eigenvalue weighted by Gasteiger charge is -2.14. The molecule has 1 atom stereocenters. The quantitative estimate of drug-likeness (QED) is 0.763. The monoisotopic (exact) mass is 311 g/mol. The number of aliphatic hydroxyl groups is 1. The fourth-order valence-electron chi connectivity index (χ4n) is 1.84. The zero-order valence-electron chi connectivity index (χ0n) is 11.1. The molecule has 0 aromatic heterocycles. The van der Waals surface area contributed by atoms with Crippen molar-refractivity contribution in [3.05, 3.63) is 59.7 Å². The van der Waals surface area contributed by atoms with E-state index < -0.39 is 29.5 Å². The molecule has 1 amide bonds. The summed E-state index contributed by atoms with van der Waals surface area (Å²) in [7, 11) is 0. The van der Waals surface area contributed by atoms with Crippen LogP contribution in [0.15, 0.2) is 48.5 Å². The molecule has 3 N–H and O–H groups in total. The van der Waals surface area contributed by atoms with Crippen LogP contribution >= 0.6 is 0 Å². The van der Waals surface area contributed by atoms with Crippen molar-refractivity contribution in [2.24, 2.45) is 0 Å². The van der Waals surface area contributed by atoms with Crippen LogP contribution in [-0.4, -0.2) is 16.1 Å². The molecule has 0 aliphatic carbocycles. The van der Waals surface area contributed by atoms with E-state index in [0.29, 0.717) is 11.6 Å². The molecular weight excluding hydrogens is 299 g/mol. The third-order valence-electron chi connectivity index (χ3n) is 2.93. The van der Waals surface area contributed by atoms with E-state index in [1.165, 1.54) is 12.1 Å². The van der Waals surface area contributed by atoms with Crippen molar-refractivity contribution in [2.45, 2.75) is 12.3 Å². The minimum Gasteiger partial charge on any atom is -0.507 e. The molecule has 0 bridgehead atoms. The average Bonchev–Trinajstić information content (AvgIpc) is 2.48. The molecule has 2 aromatic carbocycles. The summed E-state index contributed by atoms with van der Waals surface area (Å²) in [5.74, 6) is -1.81. The SMILES string of the molecule is O=C(Nc1ccc(O)c(C(F)(F)F)c1)[C@H](O)c1ccccc1. The molecule has 4 nitrogen and oxygen atoms in total. The molecule has 0 unspecified atom stereocenters. The third kappa shape index (κ3) is 3.56. The first-order valence-electron chi connectivity index (χ1n) is 6.23. The molecule has 0 saturated heterocycles. The predicted octanol–water partition coefficient (Wildman–Crippen LogP) is 3.08. The number of hydrogen-bond donors (Lipinski definition) is 3. The molecule has 0 spiro atoms. The van der Waals surface area contributed by atoms with Gasteiger partial charge in [0.25, 0.3) is 5.91 Å². The highest BCUT2D eigenvalue weighted by atomic mass is 19.4. The van der Waals surface area contributed by atoms with Crippen LogP contribution in [0.2, 0.25) is 0 Å². The van der Waals surface area contributed by atoms with Crippen molar-refractivity contribution in [3.63, 3.8) is 0 Å². The van der Waals surface area contributed by atoms with Gasteiger partial charge in [-0.2, -0.15) is 13.2 Å². The lowest BCUT2D eigenvalue weighted by molar-refractivity contribution is -0.138. The van der Waals surface area contributed by atoms with Gasteiger partial charge in [-0.15, -0.1) is 0 Å². The molecule has 0 fully saturated rings. The van der Waals surface area contributed by atoms with E-state index in [0.717, 1.165) is 12.1 Å². The topological polar surface area (TPSA) is 69.6 Å². The molecular formula is C15H12F3NO3. The van der Waals surface area contributed by atoms with Crippen LogP contribution in [0.5, 0.6) is 5.75 Å².